The van der Waals surface area contributed by atoms with Crippen LogP contribution < -0.4 is 0 Å². The van der Waals surface area contributed by atoms with Gasteiger partial charge in [0.2, 0.25) is 0 Å². The molecule has 146 valence electrons. The number of benzene rings is 2. The molecular formula is C26H30O2. The van der Waals surface area contributed by atoms with Gasteiger partial charge in [-0.05, 0) is 85.6 Å². The van der Waals surface area contributed by atoms with Crippen LogP contribution in [0.25, 0.3) is 0 Å². The second kappa shape index (κ2) is 6.22. The highest BCUT2D eigenvalue weighted by molar-refractivity contribution is 5.55. The average molecular weight is 375 g/mol. The molecule has 1 unspecified atom stereocenters. The van der Waals surface area contributed by atoms with Crippen molar-refractivity contribution in [3.05, 3.63) is 75.9 Å². The number of hydrogen-bond donors (Lipinski definition) is 2. The van der Waals surface area contributed by atoms with Crippen molar-refractivity contribution in [2.24, 2.45) is 5.41 Å². The van der Waals surface area contributed by atoms with E-state index in [0.29, 0.717) is 5.75 Å². The summed E-state index contributed by atoms with van der Waals surface area (Å²) in [6, 6.07) is 14.8. The lowest BCUT2D eigenvalue weighted by Crippen LogP contribution is -2.40. The number of phenols is 1. The average Bonchev–Trinajstić information content (AvgIpc) is 3.01. The number of allylic oxidation sites excluding steroid dienone is 1. The van der Waals surface area contributed by atoms with Crippen molar-refractivity contribution in [3.8, 4) is 5.75 Å². The van der Waals surface area contributed by atoms with Gasteiger partial charge >= 0.3 is 0 Å². The summed E-state index contributed by atoms with van der Waals surface area (Å²) in [5.74, 6) is 0.420. The molecule has 0 spiro atoms. The molecule has 2 heteroatoms. The molecule has 1 fully saturated rings. The van der Waals surface area contributed by atoms with Crippen molar-refractivity contribution >= 4 is 0 Å². The Balaban J connectivity index is 1.64. The SMILES string of the molecule is Cc1c(O)ccc2c1CCC1=C3C[C@@H](O)CC3(Cc3ccccc3)CC[C@]12C. The number of phenolic OH excluding ortho intramolecular Hbond substituents is 1. The highest BCUT2D eigenvalue weighted by Crippen LogP contribution is 2.61. The predicted octanol–water partition coefficient (Wildman–Crippen LogP) is 5.38. The third-order valence-corrected chi connectivity index (χ3v) is 8.01. The summed E-state index contributed by atoms with van der Waals surface area (Å²) in [5.41, 5.74) is 8.50. The van der Waals surface area contributed by atoms with E-state index in [0.717, 1.165) is 50.5 Å². The van der Waals surface area contributed by atoms with Crippen LogP contribution in [0, 0.1) is 12.3 Å². The molecule has 2 aromatic rings. The van der Waals surface area contributed by atoms with Crippen LogP contribution >= 0.6 is 0 Å². The Morgan fingerprint density at radius 3 is 2.57 bits per heavy atom. The fourth-order valence-electron chi connectivity index (χ4n) is 6.58. The maximum Gasteiger partial charge on any atom is 0.118 e. The van der Waals surface area contributed by atoms with Gasteiger partial charge in [-0.15, -0.1) is 0 Å². The molecule has 0 radical (unpaired) electrons. The third kappa shape index (κ3) is 2.50. The van der Waals surface area contributed by atoms with Crippen molar-refractivity contribution in [2.45, 2.75) is 70.3 Å². The zero-order chi connectivity index (χ0) is 19.5. The molecule has 3 aliphatic carbocycles. The van der Waals surface area contributed by atoms with E-state index in [1.54, 1.807) is 11.1 Å². The van der Waals surface area contributed by atoms with Gasteiger partial charge in [0.1, 0.15) is 5.75 Å². The van der Waals surface area contributed by atoms with Crippen LogP contribution in [-0.4, -0.2) is 16.3 Å². The van der Waals surface area contributed by atoms with Crippen LogP contribution in [-0.2, 0) is 18.3 Å². The Bertz CT molecular complexity index is 958. The van der Waals surface area contributed by atoms with Gasteiger partial charge in [0.15, 0.2) is 0 Å². The topological polar surface area (TPSA) is 40.5 Å². The Hall–Kier alpha value is -2.06. The molecule has 2 nitrogen and oxygen atoms in total. The first-order valence-corrected chi connectivity index (χ1v) is 10.7. The first kappa shape index (κ1) is 18.0. The van der Waals surface area contributed by atoms with E-state index in [1.165, 1.54) is 16.7 Å². The van der Waals surface area contributed by atoms with Gasteiger partial charge in [0, 0.05) is 5.41 Å². The number of rotatable bonds is 2. The summed E-state index contributed by atoms with van der Waals surface area (Å²) in [6.07, 6.45) is 6.89. The molecule has 3 atom stereocenters. The second-order valence-corrected chi connectivity index (χ2v) is 9.53. The van der Waals surface area contributed by atoms with Gasteiger partial charge in [-0.3, -0.25) is 0 Å². The molecule has 0 saturated heterocycles. The maximum absolute atomic E-state index is 10.7. The first-order chi connectivity index (χ1) is 13.4. The minimum Gasteiger partial charge on any atom is -0.508 e. The molecular weight excluding hydrogens is 344 g/mol. The van der Waals surface area contributed by atoms with E-state index in [-0.39, 0.29) is 16.9 Å². The van der Waals surface area contributed by atoms with Crippen molar-refractivity contribution in [2.75, 3.05) is 0 Å². The van der Waals surface area contributed by atoms with E-state index in [9.17, 15) is 10.2 Å². The van der Waals surface area contributed by atoms with E-state index < -0.39 is 0 Å². The molecule has 2 N–H and O–H groups in total. The van der Waals surface area contributed by atoms with Gasteiger partial charge in [0.05, 0.1) is 6.10 Å². The van der Waals surface area contributed by atoms with Crippen molar-refractivity contribution < 1.29 is 10.2 Å². The van der Waals surface area contributed by atoms with Gasteiger partial charge in [0.25, 0.3) is 0 Å². The summed E-state index contributed by atoms with van der Waals surface area (Å²) in [6.45, 7) is 4.46. The Morgan fingerprint density at radius 2 is 1.79 bits per heavy atom. The molecule has 2 aromatic carbocycles. The van der Waals surface area contributed by atoms with E-state index >= 15 is 0 Å². The molecule has 28 heavy (non-hydrogen) atoms. The monoisotopic (exact) mass is 374 g/mol. The van der Waals surface area contributed by atoms with Gasteiger partial charge in [-0.2, -0.15) is 0 Å². The van der Waals surface area contributed by atoms with Crippen LogP contribution in [0.1, 0.15) is 61.3 Å². The van der Waals surface area contributed by atoms with Crippen LogP contribution in [0.5, 0.6) is 5.75 Å². The van der Waals surface area contributed by atoms with Gasteiger partial charge in [-0.1, -0.05) is 54.5 Å². The Morgan fingerprint density at radius 1 is 1.00 bits per heavy atom. The standard InChI is InChI=1S/C26H30O2/c1-17-20-8-9-22-23-14-19(27)16-26(23,15-18-6-4-3-5-7-18)13-12-25(22,2)21(20)10-11-24(17)28/h3-7,10-11,19,27-28H,8-9,12-16H2,1-2H3/t19-,25+,26?/m1/s1. The smallest absolute Gasteiger partial charge is 0.118 e. The lowest BCUT2D eigenvalue weighted by Gasteiger charge is -2.49. The highest BCUT2D eigenvalue weighted by atomic mass is 16.3. The summed E-state index contributed by atoms with van der Waals surface area (Å²) in [4.78, 5) is 0. The molecule has 0 aliphatic heterocycles. The zero-order valence-corrected chi connectivity index (χ0v) is 17.0. The van der Waals surface area contributed by atoms with Crippen LogP contribution in [0.15, 0.2) is 53.6 Å². The number of aliphatic hydroxyl groups is 1. The highest BCUT2D eigenvalue weighted by Gasteiger charge is 2.52. The van der Waals surface area contributed by atoms with Gasteiger partial charge in [-0.25, -0.2) is 0 Å². The summed E-state index contributed by atoms with van der Waals surface area (Å²) in [5, 5.41) is 20.9. The normalized spacial score (nSPS) is 31.3. The molecule has 1 saturated carbocycles. The maximum atomic E-state index is 10.7. The largest absolute Gasteiger partial charge is 0.508 e. The molecule has 0 amide bonds. The minimum atomic E-state index is -0.212. The number of hydrogen-bond acceptors (Lipinski definition) is 2. The fourth-order valence-corrected chi connectivity index (χ4v) is 6.58. The fraction of sp³-hybridized carbons (Fsp3) is 0.462. The third-order valence-electron chi connectivity index (χ3n) is 8.01. The van der Waals surface area contributed by atoms with Crippen molar-refractivity contribution in [1.82, 2.24) is 0 Å². The van der Waals surface area contributed by atoms with Gasteiger partial charge < -0.3 is 10.2 Å². The second-order valence-electron chi connectivity index (χ2n) is 9.53. The molecule has 5 rings (SSSR count). The Kier molecular flexibility index (Phi) is 4.00. The quantitative estimate of drug-likeness (QED) is 0.693. The summed E-state index contributed by atoms with van der Waals surface area (Å²) < 4.78 is 0. The predicted molar refractivity (Wildman–Crippen MR) is 113 cm³/mol. The molecule has 3 aliphatic rings. The number of fused-ring (bicyclic) bond motifs is 4. The molecule has 0 aromatic heterocycles. The first-order valence-electron chi connectivity index (χ1n) is 10.7. The molecule has 0 bridgehead atoms. The number of aromatic hydroxyl groups is 1. The lowest BCUT2D eigenvalue weighted by molar-refractivity contribution is 0.149. The lowest BCUT2D eigenvalue weighted by atomic mass is 9.55. The zero-order valence-electron chi connectivity index (χ0n) is 17.0. The van der Waals surface area contributed by atoms with E-state index in [4.69, 9.17) is 0 Å². The van der Waals surface area contributed by atoms with Crippen LogP contribution in [0.4, 0.5) is 0 Å². The summed E-state index contributed by atoms with van der Waals surface area (Å²) >= 11 is 0. The Labute approximate surface area is 167 Å². The minimum absolute atomic E-state index is 0.0472. The van der Waals surface area contributed by atoms with Crippen molar-refractivity contribution in [1.29, 1.82) is 0 Å². The van der Waals surface area contributed by atoms with Crippen molar-refractivity contribution in [3.63, 3.8) is 0 Å². The van der Waals surface area contributed by atoms with E-state index in [2.05, 4.69) is 50.2 Å². The number of aliphatic hydroxyl groups excluding tert-OH is 1. The van der Waals surface area contributed by atoms with E-state index in [1.807, 2.05) is 6.07 Å². The van der Waals surface area contributed by atoms with Crippen LogP contribution in [0.2, 0.25) is 0 Å². The summed E-state index contributed by atoms with van der Waals surface area (Å²) in [7, 11) is 0. The van der Waals surface area contributed by atoms with Crippen LogP contribution in [0.3, 0.4) is 0 Å². The molecule has 0 heterocycles.